The van der Waals surface area contributed by atoms with Gasteiger partial charge in [0.05, 0.1) is 26.4 Å². The number of rotatable bonds is 83. The molecule has 2 unspecified atom stereocenters. The maximum Gasteiger partial charge on any atom is 0.472 e. The third-order valence-electron chi connectivity index (χ3n) is 19.2. The number of carbonyl (C=O) groups is 4. The maximum atomic E-state index is 13.1. The van der Waals surface area contributed by atoms with Gasteiger partial charge in [-0.15, -0.1) is 0 Å². The van der Waals surface area contributed by atoms with Crippen LogP contribution < -0.4 is 0 Å². The van der Waals surface area contributed by atoms with E-state index in [1.165, 1.54) is 244 Å². The fraction of sp³-hybridized carbons (Fsp3) is 0.905. The average molecular weight is 1500 g/mol. The van der Waals surface area contributed by atoms with Gasteiger partial charge < -0.3 is 33.8 Å². The van der Waals surface area contributed by atoms with Gasteiger partial charge in [0.1, 0.15) is 19.3 Å². The molecule has 0 aromatic carbocycles. The molecule has 103 heavy (non-hydrogen) atoms. The fourth-order valence-electron chi connectivity index (χ4n) is 12.6. The molecule has 0 aliphatic heterocycles. The quantitative estimate of drug-likeness (QED) is 0.0169. The molecule has 5 atom stereocenters. The highest BCUT2D eigenvalue weighted by molar-refractivity contribution is 7.47. The highest BCUT2D eigenvalue weighted by Gasteiger charge is 2.30. The van der Waals surface area contributed by atoms with E-state index < -0.39 is 97.5 Å². The van der Waals surface area contributed by atoms with Crippen LogP contribution in [0.4, 0.5) is 0 Å². The van der Waals surface area contributed by atoms with E-state index >= 15 is 0 Å². The first-order valence-corrected chi connectivity index (χ1v) is 46.1. The van der Waals surface area contributed by atoms with E-state index in [1.54, 1.807) is 0 Å². The molecule has 0 rings (SSSR count). The summed E-state index contributed by atoms with van der Waals surface area (Å²) in [6.07, 6.45) is 74.3. The smallest absolute Gasteiger partial charge is 0.462 e. The molecule has 19 heteroatoms. The van der Waals surface area contributed by atoms with Crippen molar-refractivity contribution < 1.29 is 80.2 Å². The Kier molecular flexibility index (Phi) is 75.8. The number of phosphoric acid groups is 2. The Balaban J connectivity index is 5.27. The number of esters is 4. The largest absolute Gasteiger partial charge is 0.472 e. The zero-order valence-electron chi connectivity index (χ0n) is 66.8. The lowest BCUT2D eigenvalue weighted by Gasteiger charge is -2.21. The van der Waals surface area contributed by atoms with Crippen LogP contribution >= 0.6 is 15.6 Å². The zero-order chi connectivity index (χ0) is 75.3. The molecule has 0 heterocycles. The first-order valence-electron chi connectivity index (χ1n) is 43.1. The number of aliphatic hydroxyl groups excluding tert-OH is 1. The molecular formula is C84H160O17P2. The highest BCUT2D eigenvalue weighted by Crippen LogP contribution is 2.45. The van der Waals surface area contributed by atoms with Crippen LogP contribution in [0.25, 0.3) is 0 Å². The number of carbonyl (C=O) groups excluding carboxylic acids is 4. The summed E-state index contributed by atoms with van der Waals surface area (Å²) in [7, 11) is -9.93. The van der Waals surface area contributed by atoms with Crippen molar-refractivity contribution in [1.29, 1.82) is 0 Å². The van der Waals surface area contributed by atoms with E-state index in [2.05, 4.69) is 52.0 Å². The van der Waals surface area contributed by atoms with Crippen LogP contribution in [0.3, 0.4) is 0 Å². The predicted octanol–water partition coefficient (Wildman–Crippen LogP) is 25.3. The van der Waals surface area contributed by atoms with Crippen molar-refractivity contribution >= 4 is 39.5 Å². The van der Waals surface area contributed by atoms with Gasteiger partial charge in [-0.1, -0.05) is 379 Å². The van der Waals surface area contributed by atoms with E-state index in [0.29, 0.717) is 25.7 Å². The van der Waals surface area contributed by atoms with Crippen LogP contribution in [0.2, 0.25) is 0 Å². The molecule has 3 N–H and O–H groups in total. The summed E-state index contributed by atoms with van der Waals surface area (Å²) < 4.78 is 68.8. The molecule has 0 fully saturated rings. The van der Waals surface area contributed by atoms with Gasteiger partial charge in [0.15, 0.2) is 12.2 Å². The first-order chi connectivity index (χ1) is 50.2. The van der Waals surface area contributed by atoms with Crippen LogP contribution in [0.5, 0.6) is 0 Å². The van der Waals surface area contributed by atoms with Crippen LogP contribution in [0.15, 0.2) is 24.3 Å². The molecule has 0 aromatic heterocycles. The van der Waals surface area contributed by atoms with E-state index in [-0.39, 0.29) is 25.7 Å². The molecule has 0 amide bonds. The van der Waals surface area contributed by atoms with Crippen LogP contribution in [0.1, 0.15) is 432 Å². The molecule has 0 saturated carbocycles. The fourth-order valence-corrected chi connectivity index (χ4v) is 14.2. The van der Waals surface area contributed by atoms with Gasteiger partial charge in [-0.2, -0.15) is 0 Å². The van der Waals surface area contributed by atoms with Crippen molar-refractivity contribution in [3.8, 4) is 0 Å². The number of hydrogen-bond donors (Lipinski definition) is 3. The topological polar surface area (TPSA) is 237 Å². The van der Waals surface area contributed by atoms with E-state index in [1.807, 2.05) is 0 Å². The summed E-state index contributed by atoms with van der Waals surface area (Å²) in [6, 6.07) is 0. The van der Waals surface area contributed by atoms with Gasteiger partial charge in [0, 0.05) is 25.7 Å². The van der Waals surface area contributed by atoms with Crippen molar-refractivity contribution in [1.82, 2.24) is 0 Å². The molecule has 0 aromatic rings. The molecule has 0 bridgehead atoms. The Morgan fingerprint density at radius 3 is 0.709 bits per heavy atom. The van der Waals surface area contributed by atoms with Crippen LogP contribution in [-0.4, -0.2) is 96.7 Å². The zero-order valence-corrected chi connectivity index (χ0v) is 68.6. The first kappa shape index (κ1) is 101. The van der Waals surface area contributed by atoms with Gasteiger partial charge in [-0.05, 0) is 51.4 Å². The lowest BCUT2D eigenvalue weighted by molar-refractivity contribution is -0.161. The Hall–Kier alpha value is -2.46. The third-order valence-corrected chi connectivity index (χ3v) is 21.1. The summed E-state index contributed by atoms with van der Waals surface area (Å²) in [5.41, 5.74) is 0. The second-order valence-electron chi connectivity index (χ2n) is 29.5. The monoisotopic (exact) mass is 1500 g/mol. The number of ether oxygens (including phenoxy) is 4. The van der Waals surface area contributed by atoms with Crippen molar-refractivity contribution in [3.63, 3.8) is 0 Å². The van der Waals surface area contributed by atoms with Crippen LogP contribution in [-0.2, 0) is 65.4 Å². The number of aliphatic hydroxyl groups is 1. The number of phosphoric ester groups is 2. The molecule has 0 radical (unpaired) electrons. The molecule has 17 nitrogen and oxygen atoms in total. The van der Waals surface area contributed by atoms with Crippen molar-refractivity contribution in [2.45, 2.75) is 451 Å². The molecule has 0 spiro atoms. The minimum Gasteiger partial charge on any atom is -0.462 e. The van der Waals surface area contributed by atoms with E-state index in [9.17, 15) is 43.2 Å². The summed E-state index contributed by atoms with van der Waals surface area (Å²) >= 11 is 0. The second kappa shape index (κ2) is 77.7. The summed E-state index contributed by atoms with van der Waals surface area (Å²) in [5.74, 6) is -2.13. The van der Waals surface area contributed by atoms with Gasteiger partial charge >= 0.3 is 39.5 Å². The van der Waals surface area contributed by atoms with Gasteiger partial charge in [0.25, 0.3) is 0 Å². The molecule has 608 valence electrons. The van der Waals surface area contributed by atoms with Crippen LogP contribution in [0, 0.1) is 0 Å². The Bertz CT molecular complexity index is 2040. The lowest BCUT2D eigenvalue weighted by Crippen LogP contribution is -2.30. The van der Waals surface area contributed by atoms with Crippen molar-refractivity contribution in [2.75, 3.05) is 39.6 Å². The Morgan fingerprint density at radius 1 is 0.272 bits per heavy atom. The van der Waals surface area contributed by atoms with E-state index in [4.69, 9.17) is 37.0 Å². The van der Waals surface area contributed by atoms with Crippen molar-refractivity contribution in [3.05, 3.63) is 24.3 Å². The van der Waals surface area contributed by atoms with Gasteiger partial charge in [-0.3, -0.25) is 37.3 Å². The summed E-state index contributed by atoms with van der Waals surface area (Å²) in [4.78, 5) is 73.1. The second-order valence-corrected chi connectivity index (χ2v) is 32.4. The van der Waals surface area contributed by atoms with Gasteiger partial charge in [0.2, 0.25) is 0 Å². The SMILES string of the molecule is CCCCCC/C=C\C=C/CCCCCCCC(=O)OC[C@H](COP(=O)(O)OC[C@@H](O)COP(=O)(O)OC[C@@H](COC(=O)CCCCCCCCCCCCCC)OC(=O)CCCCCCCCCCCCCCCCC)OC(=O)CCCCCCCCCCCCCCCCCCCCCCC. The molecular weight excluding hydrogens is 1340 g/mol. The number of unbranched alkanes of at least 4 members (excludes halogenated alkanes) is 54. The summed E-state index contributed by atoms with van der Waals surface area (Å²) in [5, 5.41) is 10.7. The third kappa shape index (κ3) is 77.5. The lowest BCUT2D eigenvalue weighted by atomic mass is 10.0. The summed E-state index contributed by atoms with van der Waals surface area (Å²) in [6.45, 7) is 4.98. The normalized spacial score (nSPS) is 13.9. The van der Waals surface area contributed by atoms with Gasteiger partial charge in [-0.25, -0.2) is 9.13 Å². The average Bonchev–Trinajstić information content (AvgIpc) is 0.913. The molecule has 0 aliphatic rings. The number of hydrogen-bond acceptors (Lipinski definition) is 15. The maximum absolute atomic E-state index is 13.1. The van der Waals surface area contributed by atoms with Crippen molar-refractivity contribution in [2.24, 2.45) is 0 Å². The molecule has 0 saturated heterocycles. The Labute approximate surface area is 631 Å². The Morgan fingerprint density at radius 2 is 0.466 bits per heavy atom. The van der Waals surface area contributed by atoms with E-state index in [0.717, 1.165) is 109 Å². The standard InChI is InChI=1S/C84H160O17P2/c1-5-9-13-17-21-25-29-33-36-37-38-39-40-41-44-47-51-55-59-63-67-71-84(89)101-80(75-95-82(87)69-65-61-57-53-49-45-42-34-30-26-22-18-14-10-6-2)77-99-103(92,93)97-73-78(85)72-96-102(90,91)98-76-79(74-94-81(86)68-64-60-56-52-48-32-28-24-20-16-12-8-4)100-83(88)70-66-62-58-54-50-46-43-35-31-27-23-19-15-11-7-3/h26,30,34,42,78-80,85H,5-25,27-29,31-33,35-41,43-77H2,1-4H3,(H,90,91)(H,92,93)/b30-26-,42-34-/t78-,79+,80+/m0/s1. The minimum absolute atomic E-state index is 0.103. The number of allylic oxidation sites excluding steroid dienone is 4. The predicted molar refractivity (Wildman–Crippen MR) is 423 cm³/mol. The minimum atomic E-state index is -4.97. The highest BCUT2D eigenvalue weighted by atomic mass is 31.2. The molecule has 0 aliphatic carbocycles.